The molecule has 0 saturated heterocycles. The summed E-state index contributed by atoms with van der Waals surface area (Å²) in [6, 6.07) is -0.104. The number of hydrogen-bond donors (Lipinski definition) is 3. The summed E-state index contributed by atoms with van der Waals surface area (Å²) in [5, 5.41) is 20.5. The van der Waals surface area contributed by atoms with Crippen molar-refractivity contribution in [2.45, 2.75) is 39.2 Å². The van der Waals surface area contributed by atoms with E-state index in [4.69, 9.17) is 10.2 Å². The SMILES string of the molecule is CC(C)(CNC(=O)N(CCO)C1CCC1)C(=O)O. The fourth-order valence-electron chi connectivity index (χ4n) is 1.73. The molecule has 6 nitrogen and oxygen atoms in total. The van der Waals surface area contributed by atoms with E-state index in [1.165, 1.54) is 0 Å². The molecule has 0 aromatic heterocycles. The number of carboxylic acids is 1. The van der Waals surface area contributed by atoms with Crippen molar-refractivity contribution in [3.63, 3.8) is 0 Å². The van der Waals surface area contributed by atoms with Gasteiger partial charge in [-0.1, -0.05) is 0 Å². The highest BCUT2D eigenvalue weighted by Crippen LogP contribution is 2.24. The molecule has 1 aliphatic carbocycles. The molecule has 6 heteroatoms. The lowest BCUT2D eigenvalue weighted by atomic mass is 9.91. The Bertz CT molecular complexity index is 313. The van der Waals surface area contributed by atoms with Crippen LogP contribution in [0.15, 0.2) is 0 Å². The predicted octanol–water partition coefficient (Wildman–Crippen LogP) is 0.654. The van der Waals surface area contributed by atoms with E-state index in [0.29, 0.717) is 6.54 Å². The Hall–Kier alpha value is -1.30. The van der Waals surface area contributed by atoms with Crippen LogP contribution in [0, 0.1) is 5.41 Å². The third-order valence-electron chi connectivity index (χ3n) is 3.38. The van der Waals surface area contributed by atoms with Crippen LogP contribution in [-0.4, -0.2) is 52.9 Å². The first kappa shape index (κ1) is 14.8. The number of aliphatic hydroxyl groups is 1. The van der Waals surface area contributed by atoms with Crippen molar-refractivity contribution in [3.05, 3.63) is 0 Å². The average Bonchev–Trinajstić information content (AvgIpc) is 2.22. The van der Waals surface area contributed by atoms with E-state index in [1.54, 1.807) is 18.7 Å². The Balaban J connectivity index is 2.48. The summed E-state index contributed by atoms with van der Waals surface area (Å²) in [6.07, 6.45) is 3.01. The first-order chi connectivity index (χ1) is 8.38. The van der Waals surface area contributed by atoms with Crippen molar-refractivity contribution in [2.75, 3.05) is 19.7 Å². The molecule has 104 valence electrons. The van der Waals surface area contributed by atoms with Gasteiger partial charge in [-0.25, -0.2) is 4.79 Å². The van der Waals surface area contributed by atoms with Gasteiger partial charge in [0.15, 0.2) is 0 Å². The van der Waals surface area contributed by atoms with Gasteiger partial charge in [0.05, 0.1) is 12.0 Å². The molecule has 1 aliphatic rings. The standard InChI is InChI=1S/C12H22N2O4/c1-12(2,10(16)17)8-13-11(18)14(6-7-15)9-4-3-5-9/h9,15H,3-8H2,1-2H3,(H,13,18)(H,16,17). The number of nitrogens with zero attached hydrogens (tertiary/aromatic N) is 1. The van der Waals surface area contributed by atoms with Crippen LogP contribution in [0.2, 0.25) is 0 Å². The minimum absolute atomic E-state index is 0.0771. The van der Waals surface area contributed by atoms with Crippen LogP contribution >= 0.6 is 0 Å². The fourth-order valence-corrected chi connectivity index (χ4v) is 1.73. The molecule has 0 atom stereocenters. The number of carbonyl (C=O) groups excluding carboxylic acids is 1. The van der Waals surface area contributed by atoms with E-state index < -0.39 is 11.4 Å². The highest BCUT2D eigenvalue weighted by Gasteiger charge is 2.31. The molecule has 1 fully saturated rings. The number of carboxylic acid groups (broad SMARTS) is 1. The molecular formula is C12H22N2O4. The van der Waals surface area contributed by atoms with Crippen LogP contribution in [-0.2, 0) is 4.79 Å². The molecule has 1 saturated carbocycles. The molecule has 0 radical (unpaired) electrons. The number of hydrogen-bond acceptors (Lipinski definition) is 3. The second-order valence-corrected chi connectivity index (χ2v) is 5.35. The average molecular weight is 258 g/mol. The summed E-state index contributed by atoms with van der Waals surface area (Å²) in [4.78, 5) is 24.5. The van der Waals surface area contributed by atoms with Crippen LogP contribution in [0.3, 0.4) is 0 Å². The first-order valence-electron chi connectivity index (χ1n) is 6.27. The number of aliphatic hydroxyl groups excluding tert-OH is 1. The van der Waals surface area contributed by atoms with E-state index in [2.05, 4.69) is 5.32 Å². The van der Waals surface area contributed by atoms with Crippen LogP contribution in [0.5, 0.6) is 0 Å². The van der Waals surface area contributed by atoms with Gasteiger partial charge in [0.2, 0.25) is 0 Å². The third-order valence-corrected chi connectivity index (χ3v) is 3.38. The molecular weight excluding hydrogens is 236 g/mol. The summed E-state index contributed by atoms with van der Waals surface area (Å²) in [7, 11) is 0. The minimum Gasteiger partial charge on any atom is -0.481 e. The number of nitrogens with one attached hydrogen (secondary N) is 1. The summed E-state index contributed by atoms with van der Waals surface area (Å²) in [5.41, 5.74) is -0.986. The Morgan fingerprint density at radius 1 is 1.39 bits per heavy atom. The van der Waals surface area contributed by atoms with Gasteiger partial charge in [0.1, 0.15) is 0 Å². The largest absolute Gasteiger partial charge is 0.481 e. The van der Waals surface area contributed by atoms with Crippen molar-refractivity contribution in [3.8, 4) is 0 Å². The van der Waals surface area contributed by atoms with Crippen molar-refractivity contribution in [2.24, 2.45) is 5.41 Å². The van der Waals surface area contributed by atoms with E-state index >= 15 is 0 Å². The maximum atomic E-state index is 11.9. The second kappa shape index (κ2) is 6.04. The molecule has 0 aromatic carbocycles. The molecule has 0 heterocycles. The zero-order chi connectivity index (χ0) is 13.8. The maximum Gasteiger partial charge on any atom is 0.317 e. The molecule has 0 spiro atoms. The highest BCUT2D eigenvalue weighted by molar-refractivity contribution is 5.77. The minimum atomic E-state index is -0.986. The van der Waals surface area contributed by atoms with Gasteiger partial charge >= 0.3 is 12.0 Å². The number of rotatable bonds is 6. The van der Waals surface area contributed by atoms with Crippen LogP contribution in [0.25, 0.3) is 0 Å². The summed E-state index contributed by atoms with van der Waals surface area (Å²) in [6.45, 7) is 3.43. The van der Waals surface area contributed by atoms with E-state index in [0.717, 1.165) is 19.3 Å². The highest BCUT2D eigenvalue weighted by atomic mass is 16.4. The predicted molar refractivity (Wildman–Crippen MR) is 66.2 cm³/mol. The smallest absolute Gasteiger partial charge is 0.317 e. The second-order valence-electron chi connectivity index (χ2n) is 5.35. The van der Waals surface area contributed by atoms with E-state index in [1.807, 2.05) is 0 Å². The van der Waals surface area contributed by atoms with Gasteiger partial charge < -0.3 is 20.4 Å². The first-order valence-corrected chi connectivity index (χ1v) is 6.27. The summed E-state index contributed by atoms with van der Waals surface area (Å²) >= 11 is 0. The van der Waals surface area contributed by atoms with Crippen LogP contribution in [0.1, 0.15) is 33.1 Å². The number of carbonyl (C=O) groups is 2. The van der Waals surface area contributed by atoms with Gasteiger partial charge in [0.25, 0.3) is 0 Å². The molecule has 0 aromatic rings. The fraction of sp³-hybridized carbons (Fsp3) is 0.833. The number of urea groups is 1. The molecule has 0 aliphatic heterocycles. The summed E-state index contributed by atoms with van der Waals surface area (Å²) in [5.74, 6) is -0.944. The number of amides is 2. The van der Waals surface area contributed by atoms with Gasteiger partial charge in [-0.2, -0.15) is 0 Å². The van der Waals surface area contributed by atoms with Gasteiger partial charge in [-0.05, 0) is 33.1 Å². The lowest BCUT2D eigenvalue weighted by Crippen LogP contribution is -2.52. The van der Waals surface area contributed by atoms with Crippen LogP contribution in [0.4, 0.5) is 4.79 Å². The number of aliphatic carboxylic acids is 1. The third kappa shape index (κ3) is 3.60. The topological polar surface area (TPSA) is 89.9 Å². The quantitative estimate of drug-likeness (QED) is 0.652. The van der Waals surface area contributed by atoms with Crippen molar-refractivity contribution < 1.29 is 19.8 Å². The Morgan fingerprint density at radius 3 is 2.39 bits per heavy atom. The van der Waals surface area contributed by atoms with E-state index in [9.17, 15) is 9.59 Å². The monoisotopic (exact) mass is 258 g/mol. The lowest BCUT2D eigenvalue weighted by Gasteiger charge is -2.37. The van der Waals surface area contributed by atoms with Gasteiger partial charge in [-0.15, -0.1) is 0 Å². The van der Waals surface area contributed by atoms with Crippen molar-refractivity contribution >= 4 is 12.0 Å². The zero-order valence-electron chi connectivity index (χ0n) is 11.0. The summed E-state index contributed by atoms with van der Waals surface area (Å²) < 4.78 is 0. The Kier molecular flexibility index (Phi) is 4.95. The Morgan fingerprint density at radius 2 is 2.00 bits per heavy atom. The zero-order valence-corrected chi connectivity index (χ0v) is 11.0. The molecule has 3 N–H and O–H groups in total. The van der Waals surface area contributed by atoms with Gasteiger partial charge in [-0.3, -0.25) is 4.79 Å². The molecule has 1 rings (SSSR count). The lowest BCUT2D eigenvalue weighted by molar-refractivity contribution is -0.146. The van der Waals surface area contributed by atoms with Crippen molar-refractivity contribution in [1.82, 2.24) is 10.2 Å². The maximum absolute atomic E-state index is 11.9. The normalized spacial score (nSPS) is 15.9. The molecule has 0 unspecified atom stereocenters. The van der Waals surface area contributed by atoms with Crippen molar-refractivity contribution in [1.29, 1.82) is 0 Å². The van der Waals surface area contributed by atoms with Crippen LogP contribution < -0.4 is 5.32 Å². The molecule has 2 amide bonds. The van der Waals surface area contributed by atoms with Gasteiger partial charge in [0, 0.05) is 19.1 Å². The molecule has 18 heavy (non-hydrogen) atoms. The molecule has 0 bridgehead atoms. The Labute approximate surface area is 107 Å². The van der Waals surface area contributed by atoms with E-state index in [-0.39, 0.29) is 25.2 Å².